The smallest absolute Gasteiger partial charge is 0.339 e. The monoisotopic (exact) mass is 322 g/mol. The molecule has 0 amide bonds. The van der Waals surface area contributed by atoms with Gasteiger partial charge in [-0.3, -0.25) is 4.79 Å². The number of H-pyrrole nitrogens is 1. The number of aryl methyl sites for hydroxylation is 2. The SMILES string of the molecule is CCn1cnnc1SCC(=O)c1[nH]c(C)c(C(=O)OC)c1C. The Morgan fingerprint density at radius 3 is 2.77 bits per heavy atom. The quantitative estimate of drug-likeness (QED) is 0.497. The highest BCUT2D eigenvalue weighted by Gasteiger charge is 2.22. The molecule has 0 aliphatic rings. The molecule has 118 valence electrons. The van der Waals surface area contributed by atoms with Crippen LogP contribution in [-0.2, 0) is 11.3 Å². The van der Waals surface area contributed by atoms with Gasteiger partial charge >= 0.3 is 5.97 Å². The minimum absolute atomic E-state index is 0.0913. The van der Waals surface area contributed by atoms with Gasteiger partial charge in [-0.05, 0) is 26.3 Å². The van der Waals surface area contributed by atoms with Crippen LogP contribution in [0.1, 0.15) is 39.0 Å². The summed E-state index contributed by atoms with van der Waals surface area (Å²) in [6.07, 6.45) is 1.63. The number of carbonyl (C=O) groups excluding carboxylic acids is 2. The number of carbonyl (C=O) groups is 2. The van der Waals surface area contributed by atoms with E-state index in [2.05, 4.69) is 15.2 Å². The van der Waals surface area contributed by atoms with Gasteiger partial charge < -0.3 is 14.3 Å². The van der Waals surface area contributed by atoms with Crippen LogP contribution in [0.2, 0.25) is 0 Å². The largest absolute Gasteiger partial charge is 0.465 e. The topological polar surface area (TPSA) is 89.9 Å². The third-order valence-corrected chi connectivity index (χ3v) is 4.34. The molecule has 0 bridgehead atoms. The average Bonchev–Trinajstić information content (AvgIpc) is 3.08. The number of nitrogens with one attached hydrogen (secondary N) is 1. The van der Waals surface area contributed by atoms with Crippen molar-refractivity contribution in [2.45, 2.75) is 32.5 Å². The molecular weight excluding hydrogens is 304 g/mol. The Bertz CT molecular complexity index is 705. The number of hydrogen-bond acceptors (Lipinski definition) is 6. The van der Waals surface area contributed by atoms with Gasteiger partial charge in [-0.25, -0.2) is 4.79 Å². The first kappa shape index (κ1) is 16.3. The van der Waals surface area contributed by atoms with E-state index in [1.54, 1.807) is 20.2 Å². The zero-order chi connectivity index (χ0) is 16.3. The molecule has 8 heteroatoms. The number of rotatable bonds is 6. The van der Waals surface area contributed by atoms with Crippen LogP contribution in [0, 0.1) is 13.8 Å². The summed E-state index contributed by atoms with van der Waals surface area (Å²) in [7, 11) is 1.32. The van der Waals surface area contributed by atoms with Crippen molar-refractivity contribution in [3.63, 3.8) is 0 Å². The fourth-order valence-corrected chi connectivity index (χ4v) is 3.06. The van der Waals surface area contributed by atoms with Gasteiger partial charge in [0.2, 0.25) is 0 Å². The van der Waals surface area contributed by atoms with Gasteiger partial charge in [0, 0.05) is 12.2 Å². The average molecular weight is 322 g/mol. The van der Waals surface area contributed by atoms with Crippen molar-refractivity contribution in [1.82, 2.24) is 19.7 Å². The summed E-state index contributed by atoms with van der Waals surface area (Å²) in [5.41, 5.74) is 2.11. The normalized spacial score (nSPS) is 10.7. The molecule has 0 saturated heterocycles. The number of methoxy groups -OCH3 is 1. The number of thioether (sulfide) groups is 1. The first-order valence-electron chi connectivity index (χ1n) is 6.80. The second-order valence-electron chi connectivity index (χ2n) is 4.73. The molecular formula is C14H18N4O3S. The van der Waals surface area contributed by atoms with Crippen molar-refractivity contribution >= 4 is 23.5 Å². The van der Waals surface area contributed by atoms with Crippen molar-refractivity contribution in [2.75, 3.05) is 12.9 Å². The van der Waals surface area contributed by atoms with Crippen molar-refractivity contribution < 1.29 is 14.3 Å². The summed E-state index contributed by atoms with van der Waals surface area (Å²) < 4.78 is 6.61. The predicted octanol–water partition coefficient (Wildman–Crippen LogP) is 2.00. The van der Waals surface area contributed by atoms with E-state index >= 15 is 0 Å². The fraction of sp³-hybridized carbons (Fsp3) is 0.429. The Balaban J connectivity index is 2.15. The van der Waals surface area contributed by atoms with Crippen LogP contribution in [0.15, 0.2) is 11.5 Å². The molecule has 2 rings (SSSR count). The lowest BCUT2D eigenvalue weighted by Gasteiger charge is -2.03. The van der Waals surface area contributed by atoms with Gasteiger partial charge in [-0.15, -0.1) is 10.2 Å². The van der Waals surface area contributed by atoms with E-state index in [1.807, 2.05) is 11.5 Å². The summed E-state index contributed by atoms with van der Waals surface area (Å²) in [4.78, 5) is 27.1. The minimum atomic E-state index is -0.441. The van der Waals surface area contributed by atoms with E-state index in [0.29, 0.717) is 27.7 Å². The van der Waals surface area contributed by atoms with Gasteiger partial charge in [-0.2, -0.15) is 0 Å². The highest BCUT2D eigenvalue weighted by molar-refractivity contribution is 7.99. The van der Waals surface area contributed by atoms with Crippen molar-refractivity contribution in [3.8, 4) is 0 Å². The maximum Gasteiger partial charge on any atom is 0.339 e. The van der Waals surface area contributed by atoms with Crippen LogP contribution >= 0.6 is 11.8 Å². The Kier molecular flexibility index (Phi) is 5.02. The van der Waals surface area contributed by atoms with Gasteiger partial charge in [0.25, 0.3) is 0 Å². The molecule has 2 heterocycles. The van der Waals surface area contributed by atoms with E-state index in [1.165, 1.54) is 18.9 Å². The summed E-state index contributed by atoms with van der Waals surface area (Å²) in [6, 6.07) is 0. The zero-order valence-corrected chi connectivity index (χ0v) is 13.8. The van der Waals surface area contributed by atoms with E-state index in [9.17, 15) is 9.59 Å². The number of aromatic nitrogens is 4. The molecule has 0 aliphatic heterocycles. The number of ether oxygens (including phenoxy) is 1. The van der Waals surface area contributed by atoms with E-state index in [0.717, 1.165) is 6.54 Å². The Hall–Kier alpha value is -2.09. The van der Waals surface area contributed by atoms with Crippen molar-refractivity contribution in [1.29, 1.82) is 0 Å². The van der Waals surface area contributed by atoms with Crippen LogP contribution in [0.25, 0.3) is 0 Å². The Morgan fingerprint density at radius 2 is 2.14 bits per heavy atom. The highest BCUT2D eigenvalue weighted by atomic mass is 32.2. The Morgan fingerprint density at radius 1 is 1.41 bits per heavy atom. The molecule has 0 saturated carbocycles. The van der Waals surface area contributed by atoms with Crippen LogP contribution in [0.4, 0.5) is 0 Å². The second kappa shape index (κ2) is 6.78. The molecule has 0 aliphatic carbocycles. The minimum Gasteiger partial charge on any atom is -0.465 e. The molecule has 7 nitrogen and oxygen atoms in total. The molecule has 2 aromatic rings. The summed E-state index contributed by atoms with van der Waals surface area (Å²) in [5, 5.41) is 8.50. The van der Waals surface area contributed by atoms with Crippen molar-refractivity contribution in [3.05, 3.63) is 28.8 Å². The standard InChI is InChI=1S/C14H18N4O3S/c1-5-18-7-15-17-14(18)22-6-10(19)12-8(2)11(9(3)16-12)13(20)21-4/h7,16H,5-6H2,1-4H3. The van der Waals surface area contributed by atoms with Crippen molar-refractivity contribution in [2.24, 2.45) is 0 Å². The lowest BCUT2D eigenvalue weighted by Crippen LogP contribution is -2.08. The summed E-state index contributed by atoms with van der Waals surface area (Å²) in [5.74, 6) is -0.310. The molecule has 0 unspecified atom stereocenters. The molecule has 0 radical (unpaired) electrons. The summed E-state index contributed by atoms with van der Waals surface area (Å²) >= 11 is 1.32. The van der Waals surface area contributed by atoms with Crippen LogP contribution in [0.3, 0.4) is 0 Å². The molecule has 0 spiro atoms. The number of Topliss-reactive ketones (excluding diaryl/α,β-unsaturated/α-hetero) is 1. The van der Waals surface area contributed by atoms with Crippen LogP contribution in [0.5, 0.6) is 0 Å². The molecule has 2 aromatic heterocycles. The third-order valence-electron chi connectivity index (χ3n) is 3.36. The number of esters is 1. The lowest BCUT2D eigenvalue weighted by atomic mass is 10.1. The molecule has 22 heavy (non-hydrogen) atoms. The molecule has 0 atom stereocenters. The maximum atomic E-state index is 12.4. The Labute approximate surface area is 132 Å². The van der Waals surface area contributed by atoms with Crippen LogP contribution < -0.4 is 0 Å². The molecule has 1 N–H and O–H groups in total. The first-order valence-corrected chi connectivity index (χ1v) is 7.79. The number of aromatic amines is 1. The van der Waals surface area contributed by atoms with E-state index in [4.69, 9.17) is 4.74 Å². The zero-order valence-electron chi connectivity index (χ0n) is 13.0. The number of ketones is 1. The third kappa shape index (κ3) is 3.06. The van der Waals surface area contributed by atoms with Gasteiger partial charge in [0.05, 0.1) is 24.1 Å². The van der Waals surface area contributed by atoms with E-state index < -0.39 is 5.97 Å². The predicted molar refractivity (Wildman–Crippen MR) is 82.4 cm³/mol. The van der Waals surface area contributed by atoms with Crippen LogP contribution in [-0.4, -0.2) is 44.4 Å². The van der Waals surface area contributed by atoms with Gasteiger partial charge in [0.15, 0.2) is 10.9 Å². The molecule has 0 fully saturated rings. The number of hydrogen-bond donors (Lipinski definition) is 1. The number of nitrogens with zero attached hydrogens (tertiary/aromatic N) is 3. The van der Waals surface area contributed by atoms with Gasteiger partial charge in [-0.1, -0.05) is 11.8 Å². The highest BCUT2D eigenvalue weighted by Crippen LogP contribution is 2.22. The summed E-state index contributed by atoms with van der Waals surface area (Å²) in [6.45, 7) is 6.21. The fourth-order valence-electron chi connectivity index (χ4n) is 2.21. The molecule has 0 aromatic carbocycles. The maximum absolute atomic E-state index is 12.4. The van der Waals surface area contributed by atoms with E-state index in [-0.39, 0.29) is 11.5 Å². The van der Waals surface area contributed by atoms with Gasteiger partial charge in [0.1, 0.15) is 6.33 Å². The second-order valence-corrected chi connectivity index (χ2v) is 5.67. The first-order chi connectivity index (χ1) is 10.5. The lowest BCUT2D eigenvalue weighted by molar-refractivity contribution is 0.0599.